The van der Waals surface area contributed by atoms with Gasteiger partial charge in [-0.2, -0.15) is 0 Å². The van der Waals surface area contributed by atoms with E-state index in [-0.39, 0.29) is 21.6 Å². The molecule has 0 fully saturated rings. The van der Waals surface area contributed by atoms with Gasteiger partial charge in [-0.25, -0.2) is 4.98 Å². The molecule has 0 saturated carbocycles. The van der Waals surface area contributed by atoms with Gasteiger partial charge in [0, 0.05) is 18.3 Å². The molecular formula is C12H11Cl2N3O2. The summed E-state index contributed by atoms with van der Waals surface area (Å²) in [5.74, 6) is 0.353. The lowest BCUT2D eigenvalue weighted by Gasteiger charge is -2.06. The van der Waals surface area contributed by atoms with Crippen molar-refractivity contribution in [2.75, 3.05) is 0 Å². The van der Waals surface area contributed by atoms with Crippen LogP contribution in [0.25, 0.3) is 0 Å². The van der Waals surface area contributed by atoms with Crippen molar-refractivity contribution in [2.24, 2.45) is 0 Å². The lowest BCUT2D eigenvalue weighted by atomic mass is 10.2. The summed E-state index contributed by atoms with van der Waals surface area (Å²) in [5, 5.41) is 7.02. The summed E-state index contributed by atoms with van der Waals surface area (Å²) in [4.78, 5) is 15.8. The van der Waals surface area contributed by atoms with Crippen LogP contribution in [0.5, 0.6) is 0 Å². The van der Waals surface area contributed by atoms with Gasteiger partial charge >= 0.3 is 0 Å². The Hall–Kier alpha value is -1.59. The molecule has 0 aliphatic carbocycles. The first-order valence-electron chi connectivity index (χ1n) is 5.50. The third-order valence-corrected chi connectivity index (χ3v) is 3.18. The first-order chi connectivity index (χ1) is 8.99. The van der Waals surface area contributed by atoms with Gasteiger partial charge in [0.1, 0.15) is 10.9 Å². The molecule has 2 heterocycles. The zero-order valence-electron chi connectivity index (χ0n) is 10.3. The van der Waals surface area contributed by atoms with Gasteiger partial charge in [0.15, 0.2) is 0 Å². The number of rotatable bonds is 3. The first-order valence-corrected chi connectivity index (χ1v) is 6.25. The van der Waals surface area contributed by atoms with E-state index in [0.717, 1.165) is 11.3 Å². The zero-order chi connectivity index (χ0) is 14.0. The van der Waals surface area contributed by atoms with E-state index in [4.69, 9.17) is 27.7 Å². The second-order valence-electron chi connectivity index (χ2n) is 3.97. The molecular weight excluding hydrogens is 289 g/mol. The zero-order valence-corrected chi connectivity index (χ0v) is 11.8. The summed E-state index contributed by atoms with van der Waals surface area (Å²) < 4.78 is 5.02. The Morgan fingerprint density at radius 1 is 1.42 bits per heavy atom. The molecule has 0 aliphatic rings. The number of halogens is 2. The van der Waals surface area contributed by atoms with Crippen LogP contribution in [0.2, 0.25) is 10.2 Å². The molecule has 7 heteroatoms. The van der Waals surface area contributed by atoms with Crippen molar-refractivity contribution in [1.29, 1.82) is 0 Å². The Morgan fingerprint density at radius 3 is 2.79 bits per heavy atom. The number of aromatic nitrogens is 2. The molecule has 0 saturated heterocycles. The maximum atomic E-state index is 12.0. The second-order valence-corrected chi connectivity index (χ2v) is 4.77. The van der Waals surface area contributed by atoms with Crippen LogP contribution in [0.4, 0.5) is 0 Å². The normalized spacial score (nSPS) is 10.5. The standard InChI is InChI=1S/C12H11Cl2N3O2/c1-6-9(7(2)19-17-6)4-16-12(18)8-3-11(14)15-5-10(8)13/h3,5H,4H2,1-2H3,(H,16,18). The molecule has 19 heavy (non-hydrogen) atoms. The average molecular weight is 300 g/mol. The maximum Gasteiger partial charge on any atom is 0.253 e. The molecule has 1 N–H and O–H groups in total. The predicted molar refractivity (Wildman–Crippen MR) is 71.4 cm³/mol. The van der Waals surface area contributed by atoms with Crippen molar-refractivity contribution < 1.29 is 9.32 Å². The summed E-state index contributed by atoms with van der Waals surface area (Å²) in [6, 6.07) is 1.42. The minimum atomic E-state index is -0.325. The van der Waals surface area contributed by atoms with Crippen LogP contribution in [0.3, 0.4) is 0 Å². The molecule has 0 spiro atoms. The van der Waals surface area contributed by atoms with Crippen LogP contribution in [0, 0.1) is 13.8 Å². The van der Waals surface area contributed by atoms with Gasteiger partial charge < -0.3 is 9.84 Å². The molecule has 0 bridgehead atoms. The SMILES string of the molecule is Cc1noc(C)c1CNC(=O)c1cc(Cl)ncc1Cl. The van der Waals surface area contributed by atoms with Gasteiger partial charge in [-0.05, 0) is 19.9 Å². The van der Waals surface area contributed by atoms with E-state index in [9.17, 15) is 4.79 Å². The van der Waals surface area contributed by atoms with Crippen molar-refractivity contribution in [3.8, 4) is 0 Å². The van der Waals surface area contributed by atoms with Gasteiger partial charge in [-0.1, -0.05) is 28.4 Å². The Kier molecular flexibility index (Phi) is 4.07. The molecule has 1 amide bonds. The molecule has 0 atom stereocenters. The van der Waals surface area contributed by atoms with Crippen LogP contribution in [0.1, 0.15) is 27.4 Å². The van der Waals surface area contributed by atoms with Gasteiger partial charge in [0.25, 0.3) is 5.91 Å². The number of pyridine rings is 1. The van der Waals surface area contributed by atoms with Crippen molar-refractivity contribution in [1.82, 2.24) is 15.5 Å². The smallest absolute Gasteiger partial charge is 0.253 e. The van der Waals surface area contributed by atoms with Crippen molar-refractivity contribution in [3.63, 3.8) is 0 Å². The molecule has 100 valence electrons. The fourth-order valence-electron chi connectivity index (χ4n) is 1.61. The van der Waals surface area contributed by atoms with E-state index in [1.165, 1.54) is 12.3 Å². The van der Waals surface area contributed by atoms with E-state index < -0.39 is 0 Å². The van der Waals surface area contributed by atoms with Gasteiger partial charge in [0.05, 0.1) is 16.3 Å². The Morgan fingerprint density at radius 2 is 2.16 bits per heavy atom. The first kappa shape index (κ1) is 13.8. The topological polar surface area (TPSA) is 68.0 Å². The van der Waals surface area contributed by atoms with Gasteiger partial charge in [-0.3, -0.25) is 4.79 Å². The highest BCUT2D eigenvalue weighted by molar-refractivity contribution is 6.35. The van der Waals surface area contributed by atoms with Crippen LogP contribution in [0.15, 0.2) is 16.8 Å². The van der Waals surface area contributed by atoms with E-state index >= 15 is 0 Å². The molecule has 2 aromatic rings. The fourth-order valence-corrected chi connectivity index (χ4v) is 1.95. The monoisotopic (exact) mass is 299 g/mol. The van der Waals surface area contributed by atoms with Crippen molar-refractivity contribution in [2.45, 2.75) is 20.4 Å². The summed E-state index contributed by atoms with van der Waals surface area (Å²) in [7, 11) is 0. The molecule has 0 radical (unpaired) electrons. The number of nitrogens with zero attached hydrogens (tertiary/aromatic N) is 2. The Balaban J connectivity index is 2.12. The maximum absolute atomic E-state index is 12.0. The lowest BCUT2D eigenvalue weighted by Crippen LogP contribution is -2.23. The molecule has 2 aromatic heterocycles. The van der Waals surface area contributed by atoms with Crippen LogP contribution < -0.4 is 5.32 Å². The number of carbonyl (C=O) groups is 1. The number of hydrogen-bond acceptors (Lipinski definition) is 4. The van der Waals surface area contributed by atoms with E-state index in [2.05, 4.69) is 15.5 Å². The highest BCUT2D eigenvalue weighted by atomic mass is 35.5. The van der Waals surface area contributed by atoms with Crippen LogP contribution >= 0.6 is 23.2 Å². The van der Waals surface area contributed by atoms with E-state index in [1.54, 1.807) is 6.92 Å². The molecule has 0 aromatic carbocycles. The Labute approximate surface area is 119 Å². The molecule has 5 nitrogen and oxygen atoms in total. The predicted octanol–water partition coefficient (Wildman–Crippen LogP) is 2.92. The van der Waals surface area contributed by atoms with E-state index in [1.807, 2.05) is 6.92 Å². The van der Waals surface area contributed by atoms with Crippen molar-refractivity contribution >= 4 is 29.1 Å². The minimum absolute atomic E-state index is 0.215. The highest BCUT2D eigenvalue weighted by Gasteiger charge is 2.14. The second kappa shape index (κ2) is 5.59. The quantitative estimate of drug-likeness (QED) is 0.885. The van der Waals surface area contributed by atoms with Gasteiger partial charge in [-0.15, -0.1) is 0 Å². The lowest BCUT2D eigenvalue weighted by molar-refractivity contribution is 0.0951. The largest absolute Gasteiger partial charge is 0.361 e. The number of nitrogens with one attached hydrogen (secondary N) is 1. The molecule has 2 rings (SSSR count). The summed E-state index contributed by atoms with van der Waals surface area (Å²) in [6.07, 6.45) is 1.34. The van der Waals surface area contributed by atoms with Crippen molar-refractivity contribution in [3.05, 3.63) is 45.0 Å². The number of hydrogen-bond donors (Lipinski definition) is 1. The van der Waals surface area contributed by atoms with Crippen LogP contribution in [-0.2, 0) is 6.54 Å². The van der Waals surface area contributed by atoms with Gasteiger partial charge in [0.2, 0.25) is 0 Å². The number of amides is 1. The third kappa shape index (κ3) is 3.05. The summed E-state index contributed by atoms with van der Waals surface area (Å²) in [5.41, 5.74) is 1.88. The summed E-state index contributed by atoms with van der Waals surface area (Å²) >= 11 is 11.6. The molecule has 0 aliphatic heterocycles. The number of carbonyl (C=O) groups excluding carboxylic acids is 1. The third-order valence-electron chi connectivity index (χ3n) is 2.67. The van der Waals surface area contributed by atoms with E-state index in [0.29, 0.717) is 12.3 Å². The fraction of sp³-hybridized carbons (Fsp3) is 0.250. The number of aryl methyl sites for hydroxylation is 2. The highest BCUT2D eigenvalue weighted by Crippen LogP contribution is 2.18. The Bertz CT molecular complexity index is 606. The van der Waals surface area contributed by atoms with Crippen LogP contribution in [-0.4, -0.2) is 16.0 Å². The summed E-state index contributed by atoms with van der Waals surface area (Å²) in [6.45, 7) is 3.92. The average Bonchev–Trinajstić information content (AvgIpc) is 2.69. The minimum Gasteiger partial charge on any atom is -0.361 e. The molecule has 0 unspecified atom stereocenters.